The third-order valence-corrected chi connectivity index (χ3v) is 5.23. The lowest BCUT2D eigenvalue weighted by atomic mass is 9.91. The van der Waals surface area contributed by atoms with Crippen molar-refractivity contribution in [1.82, 2.24) is 15.5 Å². The number of carbonyl (C=O) groups is 3. The Hall–Kier alpha value is -2.88. The molecule has 3 rings (SSSR count). The molecule has 2 atom stereocenters. The largest absolute Gasteiger partial charge is 0.336 e. The molecule has 4 amide bonds. The summed E-state index contributed by atoms with van der Waals surface area (Å²) in [6.45, 7) is 4.82. The van der Waals surface area contributed by atoms with E-state index >= 15 is 0 Å². The highest BCUT2D eigenvalue weighted by atomic mass is 16.2. The molecule has 1 aromatic carbocycles. The van der Waals surface area contributed by atoms with Crippen molar-refractivity contribution in [2.45, 2.75) is 44.7 Å². The number of urea groups is 1. The van der Waals surface area contributed by atoms with Gasteiger partial charge in [0, 0.05) is 0 Å². The lowest BCUT2D eigenvalue weighted by Crippen LogP contribution is -2.51. The molecule has 2 aliphatic rings. The van der Waals surface area contributed by atoms with E-state index in [0.717, 1.165) is 23.3 Å². The summed E-state index contributed by atoms with van der Waals surface area (Å²) >= 11 is 0. The summed E-state index contributed by atoms with van der Waals surface area (Å²) in [7, 11) is 0. The van der Waals surface area contributed by atoms with E-state index in [0.29, 0.717) is 5.56 Å². The number of imide groups is 1. The molecule has 0 bridgehead atoms. The SMILES string of the molecule is Cc1ccc([C@]2(C)NC(=O)N(CC(=O)N[C@](C)(C#N)C3CC3)C2=O)cc1. The molecule has 136 valence electrons. The summed E-state index contributed by atoms with van der Waals surface area (Å²) in [5, 5.41) is 14.7. The molecular weight excluding hydrogens is 332 g/mol. The fourth-order valence-electron chi connectivity index (χ4n) is 3.28. The standard InChI is InChI=1S/C19H22N4O3/c1-12-4-6-14(7-5-12)19(3)16(25)23(17(26)22-19)10-15(24)21-18(2,11-20)13-8-9-13/h4-7,13H,8-10H2,1-3H3,(H,21,24)(H,22,26)/t18-,19+/m1/s1. The van der Waals surface area contributed by atoms with Gasteiger partial charge in [-0.05, 0) is 45.1 Å². The number of rotatable bonds is 5. The van der Waals surface area contributed by atoms with E-state index < -0.39 is 35.5 Å². The van der Waals surface area contributed by atoms with Crippen LogP contribution in [0.2, 0.25) is 0 Å². The zero-order valence-electron chi connectivity index (χ0n) is 15.1. The van der Waals surface area contributed by atoms with Crippen molar-refractivity contribution < 1.29 is 14.4 Å². The van der Waals surface area contributed by atoms with Crippen LogP contribution in [0.25, 0.3) is 0 Å². The minimum Gasteiger partial charge on any atom is -0.336 e. The number of nitrogens with zero attached hydrogens (tertiary/aromatic N) is 2. The van der Waals surface area contributed by atoms with Crippen molar-refractivity contribution in [2.75, 3.05) is 6.54 Å². The Labute approximate surface area is 152 Å². The Kier molecular flexibility index (Phi) is 4.23. The van der Waals surface area contributed by atoms with Crippen molar-refractivity contribution in [3.63, 3.8) is 0 Å². The van der Waals surface area contributed by atoms with Crippen molar-refractivity contribution in [3.8, 4) is 6.07 Å². The van der Waals surface area contributed by atoms with Crippen LogP contribution in [0.1, 0.15) is 37.8 Å². The summed E-state index contributed by atoms with van der Waals surface area (Å²) in [6, 6.07) is 8.82. The number of hydrogen-bond acceptors (Lipinski definition) is 4. The van der Waals surface area contributed by atoms with Crippen LogP contribution in [-0.2, 0) is 15.1 Å². The molecule has 2 fully saturated rings. The van der Waals surface area contributed by atoms with E-state index in [1.165, 1.54) is 0 Å². The maximum atomic E-state index is 12.8. The molecule has 1 saturated heterocycles. The fourth-order valence-corrected chi connectivity index (χ4v) is 3.28. The van der Waals surface area contributed by atoms with E-state index in [9.17, 15) is 19.6 Å². The first-order valence-corrected chi connectivity index (χ1v) is 8.63. The molecule has 1 aliphatic heterocycles. The smallest absolute Gasteiger partial charge is 0.325 e. The first-order valence-electron chi connectivity index (χ1n) is 8.63. The lowest BCUT2D eigenvalue weighted by molar-refractivity contribution is -0.135. The molecule has 1 aromatic rings. The second kappa shape index (κ2) is 6.13. The average Bonchev–Trinajstić information content (AvgIpc) is 3.42. The van der Waals surface area contributed by atoms with Crippen LogP contribution in [0.5, 0.6) is 0 Å². The quantitative estimate of drug-likeness (QED) is 0.784. The second-order valence-electron chi connectivity index (χ2n) is 7.45. The maximum absolute atomic E-state index is 12.8. The second-order valence-corrected chi connectivity index (χ2v) is 7.45. The molecule has 0 unspecified atom stereocenters. The summed E-state index contributed by atoms with van der Waals surface area (Å²) in [5.74, 6) is -0.874. The van der Waals surface area contributed by atoms with Crippen LogP contribution in [-0.4, -0.2) is 34.8 Å². The van der Waals surface area contributed by atoms with Crippen molar-refractivity contribution in [1.29, 1.82) is 5.26 Å². The zero-order valence-corrected chi connectivity index (χ0v) is 15.1. The van der Waals surface area contributed by atoms with Gasteiger partial charge in [0.25, 0.3) is 5.91 Å². The van der Waals surface area contributed by atoms with Gasteiger partial charge in [-0.25, -0.2) is 4.79 Å². The zero-order chi connectivity index (χ0) is 19.1. The predicted octanol–water partition coefficient (Wildman–Crippen LogP) is 1.57. The van der Waals surface area contributed by atoms with Gasteiger partial charge in [-0.15, -0.1) is 0 Å². The Bertz CT molecular complexity index is 809. The number of benzene rings is 1. The van der Waals surface area contributed by atoms with Crippen LogP contribution < -0.4 is 10.6 Å². The summed E-state index contributed by atoms with van der Waals surface area (Å²) < 4.78 is 0. The van der Waals surface area contributed by atoms with Gasteiger partial charge < -0.3 is 10.6 Å². The Morgan fingerprint density at radius 2 is 2.00 bits per heavy atom. The normalized spacial score (nSPS) is 24.6. The summed E-state index contributed by atoms with van der Waals surface area (Å²) in [4.78, 5) is 38.4. The van der Waals surface area contributed by atoms with E-state index in [1.54, 1.807) is 26.0 Å². The van der Waals surface area contributed by atoms with Crippen molar-refractivity contribution >= 4 is 17.8 Å². The predicted molar refractivity (Wildman–Crippen MR) is 93.7 cm³/mol. The highest BCUT2D eigenvalue weighted by Gasteiger charge is 2.50. The Morgan fingerprint density at radius 1 is 1.38 bits per heavy atom. The minimum absolute atomic E-state index is 0.123. The van der Waals surface area contributed by atoms with Crippen LogP contribution in [0.3, 0.4) is 0 Å². The van der Waals surface area contributed by atoms with Crippen LogP contribution in [0.4, 0.5) is 4.79 Å². The highest BCUT2D eigenvalue weighted by Crippen LogP contribution is 2.39. The summed E-state index contributed by atoms with van der Waals surface area (Å²) in [5.41, 5.74) is -0.470. The molecule has 26 heavy (non-hydrogen) atoms. The van der Waals surface area contributed by atoms with E-state index in [-0.39, 0.29) is 5.92 Å². The molecule has 1 heterocycles. The minimum atomic E-state index is -1.21. The van der Waals surface area contributed by atoms with Gasteiger partial charge in [0.05, 0.1) is 6.07 Å². The average molecular weight is 354 g/mol. The molecule has 7 heteroatoms. The van der Waals surface area contributed by atoms with Crippen LogP contribution in [0, 0.1) is 24.2 Å². The number of nitrogens with one attached hydrogen (secondary N) is 2. The van der Waals surface area contributed by atoms with Crippen LogP contribution >= 0.6 is 0 Å². The fraction of sp³-hybridized carbons (Fsp3) is 0.474. The topological polar surface area (TPSA) is 102 Å². The number of aryl methyl sites for hydroxylation is 1. The van der Waals surface area contributed by atoms with Gasteiger partial charge in [-0.1, -0.05) is 29.8 Å². The lowest BCUT2D eigenvalue weighted by Gasteiger charge is -2.25. The molecule has 1 aliphatic carbocycles. The van der Waals surface area contributed by atoms with Gasteiger partial charge in [0.1, 0.15) is 17.6 Å². The number of hydrogen-bond donors (Lipinski definition) is 2. The van der Waals surface area contributed by atoms with Gasteiger partial charge in [-0.3, -0.25) is 14.5 Å². The molecule has 1 saturated carbocycles. The monoisotopic (exact) mass is 354 g/mol. The summed E-state index contributed by atoms with van der Waals surface area (Å²) in [6.07, 6.45) is 1.78. The van der Waals surface area contributed by atoms with Gasteiger partial charge >= 0.3 is 6.03 Å². The van der Waals surface area contributed by atoms with Crippen LogP contribution in [0.15, 0.2) is 24.3 Å². The Balaban J connectivity index is 1.74. The molecule has 2 N–H and O–H groups in total. The van der Waals surface area contributed by atoms with Gasteiger partial charge in [0.15, 0.2) is 0 Å². The first kappa shape index (κ1) is 17.9. The van der Waals surface area contributed by atoms with Gasteiger partial charge in [-0.2, -0.15) is 5.26 Å². The number of amides is 4. The van der Waals surface area contributed by atoms with Crippen molar-refractivity contribution in [3.05, 3.63) is 35.4 Å². The Morgan fingerprint density at radius 3 is 2.54 bits per heavy atom. The van der Waals surface area contributed by atoms with E-state index in [2.05, 4.69) is 16.7 Å². The number of carbonyl (C=O) groups excluding carboxylic acids is 3. The molecule has 0 aromatic heterocycles. The maximum Gasteiger partial charge on any atom is 0.325 e. The van der Waals surface area contributed by atoms with E-state index in [1.807, 2.05) is 19.1 Å². The first-order chi connectivity index (χ1) is 12.2. The molecule has 0 spiro atoms. The van der Waals surface area contributed by atoms with Crippen molar-refractivity contribution in [2.24, 2.45) is 5.92 Å². The molecule has 7 nitrogen and oxygen atoms in total. The third-order valence-electron chi connectivity index (χ3n) is 5.23. The molecule has 0 radical (unpaired) electrons. The molecular formula is C19H22N4O3. The van der Waals surface area contributed by atoms with Gasteiger partial charge in [0.2, 0.25) is 5.91 Å². The third kappa shape index (κ3) is 3.03. The van der Waals surface area contributed by atoms with E-state index in [4.69, 9.17) is 0 Å². The highest BCUT2D eigenvalue weighted by molar-refractivity contribution is 6.09. The number of nitriles is 1.